The summed E-state index contributed by atoms with van der Waals surface area (Å²) in [7, 11) is 0. The van der Waals surface area contributed by atoms with Crippen LogP contribution in [0.3, 0.4) is 0 Å². The van der Waals surface area contributed by atoms with E-state index in [0.29, 0.717) is 23.3 Å². The fourth-order valence-electron chi connectivity index (χ4n) is 7.22. The summed E-state index contributed by atoms with van der Waals surface area (Å²) in [6.45, 7) is 20.0. The number of hydrogen-bond donors (Lipinski definition) is 0. The average molecular weight is 868 g/mol. The average Bonchev–Trinajstić information content (AvgIpc) is 3.61. The van der Waals surface area contributed by atoms with Gasteiger partial charge in [-0.25, -0.2) is 4.98 Å². The summed E-state index contributed by atoms with van der Waals surface area (Å²) in [6.07, 6.45) is 3.88. The van der Waals surface area contributed by atoms with Crippen molar-refractivity contribution in [3.63, 3.8) is 0 Å². The van der Waals surface area contributed by atoms with Crippen molar-refractivity contribution in [3.05, 3.63) is 131 Å². The molecule has 7 aromatic rings. The van der Waals surface area contributed by atoms with Gasteiger partial charge < -0.3 is 9.30 Å². The molecule has 0 aliphatic heterocycles. The molecule has 0 saturated carbocycles. The second-order valence-corrected chi connectivity index (χ2v) is 15.0. The predicted molar refractivity (Wildman–Crippen MR) is 211 cm³/mol. The van der Waals surface area contributed by atoms with Gasteiger partial charge in [0.2, 0.25) is 0 Å². The first-order valence-electron chi connectivity index (χ1n) is 18.3. The van der Waals surface area contributed by atoms with Gasteiger partial charge in [0, 0.05) is 34.5 Å². The van der Waals surface area contributed by atoms with Crippen molar-refractivity contribution >= 4 is 21.8 Å². The molecule has 52 heavy (non-hydrogen) atoms. The zero-order valence-corrected chi connectivity index (χ0v) is 34.0. The zero-order chi connectivity index (χ0) is 36.0. The summed E-state index contributed by atoms with van der Waals surface area (Å²) in [6, 6.07) is 35.0. The molecule has 0 aliphatic rings. The molecule has 268 valence electrons. The maximum absolute atomic E-state index is 6.70. The Morgan fingerprint density at radius 1 is 0.712 bits per heavy atom. The molecule has 4 aromatic carbocycles. The number of hydrogen-bond acceptors (Lipinski definition) is 3. The van der Waals surface area contributed by atoms with Crippen LogP contribution < -0.4 is 4.74 Å². The van der Waals surface area contributed by atoms with Gasteiger partial charge in [0.1, 0.15) is 5.82 Å². The van der Waals surface area contributed by atoms with E-state index >= 15 is 0 Å². The summed E-state index contributed by atoms with van der Waals surface area (Å²) in [4.78, 5) is 4.82. The second-order valence-electron chi connectivity index (χ2n) is 15.0. The number of nitrogens with zero attached hydrogens (tertiary/aromatic N) is 4. The molecule has 0 saturated heterocycles. The van der Waals surface area contributed by atoms with E-state index in [0.717, 1.165) is 51.8 Å². The number of pyridine rings is 1. The smallest absolute Gasteiger partial charge is 0.509 e. The van der Waals surface area contributed by atoms with Crippen LogP contribution in [0.2, 0.25) is 0 Å². The van der Waals surface area contributed by atoms with Gasteiger partial charge in [0.25, 0.3) is 0 Å². The van der Waals surface area contributed by atoms with Crippen molar-refractivity contribution in [1.29, 1.82) is 0 Å². The van der Waals surface area contributed by atoms with E-state index in [4.69, 9.17) is 14.8 Å². The number of para-hydroxylation sites is 1. The van der Waals surface area contributed by atoms with Crippen LogP contribution in [-0.4, -0.2) is 19.3 Å². The Morgan fingerprint density at radius 3 is 2.15 bits per heavy atom. The van der Waals surface area contributed by atoms with Crippen LogP contribution in [0.1, 0.15) is 93.4 Å². The van der Waals surface area contributed by atoms with E-state index in [9.17, 15) is 0 Å². The quantitative estimate of drug-likeness (QED) is 0.129. The van der Waals surface area contributed by atoms with Gasteiger partial charge in [-0.1, -0.05) is 83.5 Å². The molecule has 0 unspecified atom stereocenters. The van der Waals surface area contributed by atoms with Crippen molar-refractivity contribution in [2.24, 2.45) is 5.92 Å². The first-order valence-corrected chi connectivity index (χ1v) is 18.3. The summed E-state index contributed by atoms with van der Waals surface area (Å²) >= 11 is 0. The predicted octanol–water partition coefficient (Wildman–Crippen LogP) is 12.2. The molecule has 0 bridgehead atoms. The van der Waals surface area contributed by atoms with Crippen LogP contribution in [0.5, 0.6) is 11.5 Å². The van der Waals surface area contributed by atoms with Gasteiger partial charge in [0.05, 0.1) is 5.69 Å². The molecule has 0 spiro atoms. The molecular formula is C46H48N4OPt. The van der Waals surface area contributed by atoms with Gasteiger partial charge >= 0.3 is 21.1 Å². The number of fused-ring (bicyclic) bond motifs is 3. The Morgan fingerprint density at radius 2 is 1.44 bits per heavy atom. The number of aryl methyl sites for hydroxylation is 3. The number of benzene rings is 4. The topological polar surface area (TPSA) is 44.9 Å². The second kappa shape index (κ2) is 15.2. The molecule has 5 nitrogen and oxygen atoms in total. The van der Waals surface area contributed by atoms with Gasteiger partial charge in [-0.2, -0.15) is 11.2 Å². The molecule has 6 heteroatoms. The normalized spacial score (nSPS) is 11.7. The van der Waals surface area contributed by atoms with Crippen LogP contribution >= 0.6 is 0 Å². The van der Waals surface area contributed by atoms with Crippen molar-refractivity contribution in [2.75, 3.05) is 0 Å². The first-order chi connectivity index (χ1) is 24.5. The summed E-state index contributed by atoms with van der Waals surface area (Å²) < 4.78 is 11.0. The Kier molecular flexibility index (Phi) is 10.9. The SMILES string of the molecule is Cc1cccc(C)c1-c1c(C)nn(-c2[c-]c(Oc3[c-]c4c(cc3)c3ccccc3n4-c3cc(C(C)C)ccn3)cc(C(C)C)c2)c1CCC(C)C.[Pt+2]. The molecule has 0 fully saturated rings. The van der Waals surface area contributed by atoms with E-state index in [1.807, 2.05) is 12.3 Å². The third-order valence-electron chi connectivity index (χ3n) is 10.0. The zero-order valence-electron chi connectivity index (χ0n) is 31.7. The molecule has 0 N–H and O–H groups in total. The summed E-state index contributed by atoms with van der Waals surface area (Å²) in [5.74, 6) is 3.38. The van der Waals surface area contributed by atoms with Crippen molar-refractivity contribution in [3.8, 4) is 34.1 Å². The molecule has 0 aliphatic carbocycles. The van der Waals surface area contributed by atoms with Gasteiger partial charge in [0.15, 0.2) is 0 Å². The Bertz CT molecular complexity index is 2360. The van der Waals surface area contributed by atoms with Crippen LogP contribution in [0.15, 0.2) is 85.1 Å². The van der Waals surface area contributed by atoms with Crippen LogP contribution in [0, 0.1) is 38.8 Å². The minimum Gasteiger partial charge on any atom is -0.509 e. The van der Waals surface area contributed by atoms with E-state index in [1.165, 1.54) is 39.1 Å². The number of rotatable bonds is 10. The fraction of sp³-hybridized carbons (Fsp3) is 0.304. The third-order valence-corrected chi connectivity index (χ3v) is 10.0. The van der Waals surface area contributed by atoms with Crippen molar-refractivity contribution < 1.29 is 25.8 Å². The number of aromatic nitrogens is 4. The third kappa shape index (κ3) is 7.13. The standard InChI is InChI=1S/C46H48N4O.Pt/c1-28(2)17-20-42-46(45-31(7)13-12-14-32(45)8)33(9)48-50(42)36-23-35(30(5)6)24-38(26-36)51-37-18-19-40-39-15-10-11-16-41(39)49(43(40)27-37)44-25-34(29(3)4)21-22-47-44;/h10-16,18-19,21-25,28-30H,17,20H2,1-9H3;/q-2;+2. The molecule has 0 atom stereocenters. The summed E-state index contributed by atoms with van der Waals surface area (Å²) in [5.41, 5.74) is 12.6. The first kappa shape index (κ1) is 37.3. The van der Waals surface area contributed by atoms with E-state index < -0.39 is 0 Å². The molecular weight excluding hydrogens is 820 g/mol. The maximum Gasteiger partial charge on any atom is 2.00 e. The fourth-order valence-corrected chi connectivity index (χ4v) is 7.22. The molecule has 7 rings (SSSR count). The van der Waals surface area contributed by atoms with Crippen molar-refractivity contribution in [2.45, 2.75) is 87.0 Å². The van der Waals surface area contributed by atoms with Gasteiger partial charge in [-0.05, 0) is 103 Å². The van der Waals surface area contributed by atoms with Crippen LogP contribution in [-0.2, 0) is 27.5 Å². The van der Waals surface area contributed by atoms with Crippen LogP contribution in [0.4, 0.5) is 0 Å². The minimum atomic E-state index is 0. The van der Waals surface area contributed by atoms with Gasteiger partial charge in [-0.3, -0.25) is 4.68 Å². The molecule has 3 aromatic heterocycles. The van der Waals surface area contributed by atoms with E-state index in [2.05, 4.69) is 156 Å². The van der Waals surface area contributed by atoms with Crippen LogP contribution in [0.25, 0.3) is 44.4 Å². The Labute approximate surface area is 323 Å². The Hall–Kier alpha value is -4.47. The van der Waals surface area contributed by atoms with Crippen molar-refractivity contribution in [1.82, 2.24) is 19.3 Å². The largest absolute Gasteiger partial charge is 2.00 e. The minimum absolute atomic E-state index is 0. The number of ether oxygens (including phenoxy) is 1. The Balaban J connectivity index is 0.00000464. The molecule has 0 amide bonds. The maximum atomic E-state index is 6.70. The van der Waals surface area contributed by atoms with E-state index in [1.54, 1.807) is 0 Å². The summed E-state index contributed by atoms with van der Waals surface area (Å²) in [5, 5.41) is 7.47. The molecule has 3 heterocycles. The monoisotopic (exact) mass is 867 g/mol. The van der Waals surface area contributed by atoms with E-state index in [-0.39, 0.29) is 27.0 Å². The molecule has 0 radical (unpaired) electrons. The van der Waals surface area contributed by atoms with Gasteiger partial charge in [-0.15, -0.1) is 41.3 Å².